The summed E-state index contributed by atoms with van der Waals surface area (Å²) in [6, 6.07) is 9.02. The van der Waals surface area contributed by atoms with E-state index in [1.807, 2.05) is 0 Å². The van der Waals surface area contributed by atoms with Gasteiger partial charge >= 0.3 is 0 Å². The lowest BCUT2D eigenvalue weighted by Crippen LogP contribution is -2.34. The quantitative estimate of drug-likeness (QED) is 0.745. The van der Waals surface area contributed by atoms with Crippen LogP contribution in [0.1, 0.15) is 30.0 Å². The maximum Gasteiger partial charge on any atom is 0.0453 e. The third-order valence-corrected chi connectivity index (χ3v) is 3.08. The predicted octanol–water partition coefficient (Wildman–Crippen LogP) is 1.75. The highest BCUT2D eigenvalue weighted by molar-refractivity contribution is 5.29. The molecule has 1 heterocycles. The summed E-state index contributed by atoms with van der Waals surface area (Å²) in [7, 11) is 0. The fourth-order valence-corrected chi connectivity index (χ4v) is 2.20. The summed E-state index contributed by atoms with van der Waals surface area (Å²) >= 11 is 0. The van der Waals surface area contributed by atoms with Crippen LogP contribution >= 0.6 is 0 Å². The van der Waals surface area contributed by atoms with Crippen LogP contribution in [0.15, 0.2) is 24.3 Å². The molecule has 3 N–H and O–H groups in total. The molecule has 1 aliphatic rings. The summed E-state index contributed by atoms with van der Waals surface area (Å²) in [6.07, 6.45) is 2.46. The SMILES string of the molecule is Cc1ccccc1C(N)C1CCCN1. The van der Waals surface area contributed by atoms with Gasteiger partial charge in [-0.05, 0) is 37.4 Å². The Morgan fingerprint density at radius 1 is 1.43 bits per heavy atom. The average Bonchev–Trinajstić information content (AvgIpc) is 2.70. The molecule has 2 heteroatoms. The Balaban J connectivity index is 2.17. The van der Waals surface area contributed by atoms with Crippen molar-refractivity contribution in [1.82, 2.24) is 5.32 Å². The van der Waals surface area contributed by atoms with Gasteiger partial charge in [-0.3, -0.25) is 0 Å². The van der Waals surface area contributed by atoms with Crippen molar-refractivity contribution in [2.24, 2.45) is 5.73 Å². The van der Waals surface area contributed by atoms with Gasteiger partial charge in [-0.2, -0.15) is 0 Å². The lowest BCUT2D eigenvalue weighted by molar-refractivity contribution is 0.499. The summed E-state index contributed by atoms with van der Waals surface area (Å²) in [5, 5.41) is 3.46. The number of nitrogens with two attached hydrogens (primary N) is 1. The van der Waals surface area contributed by atoms with Crippen LogP contribution in [-0.2, 0) is 0 Å². The van der Waals surface area contributed by atoms with Crippen molar-refractivity contribution < 1.29 is 0 Å². The average molecular weight is 190 g/mol. The lowest BCUT2D eigenvalue weighted by Gasteiger charge is -2.21. The van der Waals surface area contributed by atoms with E-state index in [0.29, 0.717) is 6.04 Å². The van der Waals surface area contributed by atoms with E-state index in [1.54, 1.807) is 0 Å². The second kappa shape index (κ2) is 4.11. The summed E-state index contributed by atoms with van der Waals surface area (Å²) in [6.45, 7) is 3.24. The number of benzene rings is 1. The van der Waals surface area contributed by atoms with Gasteiger partial charge in [0.05, 0.1) is 0 Å². The molecule has 0 amide bonds. The van der Waals surface area contributed by atoms with Gasteiger partial charge in [0.15, 0.2) is 0 Å². The highest BCUT2D eigenvalue weighted by atomic mass is 15.0. The molecule has 2 nitrogen and oxygen atoms in total. The molecule has 1 saturated heterocycles. The molecule has 2 unspecified atom stereocenters. The van der Waals surface area contributed by atoms with Crippen LogP contribution in [0.2, 0.25) is 0 Å². The maximum absolute atomic E-state index is 6.24. The molecule has 1 aromatic rings. The molecular weight excluding hydrogens is 172 g/mol. The van der Waals surface area contributed by atoms with Gasteiger partial charge in [-0.25, -0.2) is 0 Å². The van der Waals surface area contributed by atoms with Crippen molar-refractivity contribution in [3.05, 3.63) is 35.4 Å². The van der Waals surface area contributed by atoms with Gasteiger partial charge in [0.25, 0.3) is 0 Å². The molecule has 0 bridgehead atoms. The molecule has 1 aromatic carbocycles. The van der Waals surface area contributed by atoms with Gasteiger partial charge < -0.3 is 11.1 Å². The Bertz CT molecular complexity index is 303. The van der Waals surface area contributed by atoms with Crippen LogP contribution in [0.25, 0.3) is 0 Å². The minimum atomic E-state index is 0.152. The molecule has 0 aliphatic carbocycles. The summed E-state index contributed by atoms with van der Waals surface area (Å²) in [4.78, 5) is 0. The van der Waals surface area contributed by atoms with Crippen molar-refractivity contribution in [1.29, 1.82) is 0 Å². The first-order valence-corrected chi connectivity index (χ1v) is 5.33. The van der Waals surface area contributed by atoms with E-state index < -0.39 is 0 Å². The van der Waals surface area contributed by atoms with Crippen molar-refractivity contribution in [2.75, 3.05) is 6.54 Å². The summed E-state index contributed by atoms with van der Waals surface area (Å²) in [5.41, 5.74) is 8.82. The second-order valence-electron chi connectivity index (χ2n) is 4.09. The predicted molar refractivity (Wildman–Crippen MR) is 59.1 cm³/mol. The van der Waals surface area contributed by atoms with Gasteiger partial charge in [0.2, 0.25) is 0 Å². The zero-order valence-corrected chi connectivity index (χ0v) is 8.66. The zero-order chi connectivity index (χ0) is 9.97. The third-order valence-electron chi connectivity index (χ3n) is 3.08. The molecule has 0 radical (unpaired) electrons. The molecule has 2 atom stereocenters. The van der Waals surface area contributed by atoms with Crippen LogP contribution in [0.3, 0.4) is 0 Å². The molecule has 0 saturated carbocycles. The number of aryl methyl sites for hydroxylation is 1. The molecular formula is C12H18N2. The topological polar surface area (TPSA) is 38.0 Å². The van der Waals surface area contributed by atoms with Gasteiger partial charge in [-0.15, -0.1) is 0 Å². The van der Waals surface area contributed by atoms with E-state index in [2.05, 4.69) is 36.5 Å². The molecule has 2 rings (SSSR count). The highest BCUT2D eigenvalue weighted by Crippen LogP contribution is 2.22. The largest absolute Gasteiger partial charge is 0.323 e. The standard InChI is InChI=1S/C12H18N2/c1-9-5-2-3-6-10(9)12(13)11-7-4-8-14-11/h2-3,5-6,11-12,14H,4,7-8,13H2,1H3. The van der Waals surface area contributed by atoms with Crippen LogP contribution in [0.4, 0.5) is 0 Å². The van der Waals surface area contributed by atoms with Crippen LogP contribution in [0, 0.1) is 6.92 Å². The first-order valence-electron chi connectivity index (χ1n) is 5.33. The maximum atomic E-state index is 6.24. The van der Waals surface area contributed by atoms with Gasteiger partial charge in [-0.1, -0.05) is 24.3 Å². The van der Waals surface area contributed by atoms with Crippen LogP contribution in [0.5, 0.6) is 0 Å². The van der Waals surface area contributed by atoms with Crippen LogP contribution < -0.4 is 11.1 Å². The van der Waals surface area contributed by atoms with E-state index in [4.69, 9.17) is 5.73 Å². The van der Waals surface area contributed by atoms with Crippen molar-refractivity contribution in [3.63, 3.8) is 0 Å². The molecule has 14 heavy (non-hydrogen) atoms. The number of hydrogen-bond acceptors (Lipinski definition) is 2. The number of rotatable bonds is 2. The number of nitrogens with one attached hydrogen (secondary N) is 1. The smallest absolute Gasteiger partial charge is 0.0453 e. The summed E-state index contributed by atoms with van der Waals surface area (Å²) < 4.78 is 0. The monoisotopic (exact) mass is 190 g/mol. The first-order chi connectivity index (χ1) is 6.79. The van der Waals surface area contributed by atoms with E-state index in [1.165, 1.54) is 24.0 Å². The van der Waals surface area contributed by atoms with E-state index >= 15 is 0 Å². The minimum Gasteiger partial charge on any atom is -0.323 e. The Labute approximate surface area is 85.5 Å². The first kappa shape index (κ1) is 9.69. The van der Waals surface area contributed by atoms with E-state index in [9.17, 15) is 0 Å². The number of hydrogen-bond donors (Lipinski definition) is 2. The molecule has 0 spiro atoms. The van der Waals surface area contributed by atoms with E-state index in [0.717, 1.165) is 6.54 Å². The van der Waals surface area contributed by atoms with Crippen molar-refractivity contribution in [2.45, 2.75) is 31.8 Å². The lowest BCUT2D eigenvalue weighted by atomic mass is 9.95. The van der Waals surface area contributed by atoms with Crippen molar-refractivity contribution >= 4 is 0 Å². The fourth-order valence-electron chi connectivity index (χ4n) is 2.20. The molecule has 1 aliphatic heterocycles. The third kappa shape index (κ3) is 1.81. The Hall–Kier alpha value is -0.860. The fraction of sp³-hybridized carbons (Fsp3) is 0.500. The molecule has 1 fully saturated rings. The Kier molecular flexibility index (Phi) is 2.85. The second-order valence-corrected chi connectivity index (χ2v) is 4.09. The van der Waals surface area contributed by atoms with Crippen LogP contribution in [-0.4, -0.2) is 12.6 Å². The van der Waals surface area contributed by atoms with Gasteiger partial charge in [0.1, 0.15) is 0 Å². The molecule has 0 aromatic heterocycles. The highest BCUT2D eigenvalue weighted by Gasteiger charge is 2.23. The van der Waals surface area contributed by atoms with Gasteiger partial charge in [0, 0.05) is 12.1 Å². The minimum absolute atomic E-state index is 0.152. The van der Waals surface area contributed by atoms with Crippen molar-refractivity contribution in [3.8, 4) is 0 Å². The van der Waals surface area contributed by atoms with E-state index in [-0.39, 0.29) is 6.04 Å². The molecule has 76 valence electrons. The summed E-state index contributed by atoms with van der Waals surface area (Å²) in [5.74, 6) is 0. The Morgan fingerprint density at radius 3 is 2.86 bits per heavy atom. The Morgan fingerprint density at radius 2 is 2.21 bits per heavy atom. The zero-order valence-electron chi connectivity index (χ0n) is 8.66. The normalized spacial score (nSPS) is 23.7.